The van der Waals surface area contributed by atoms with Gasteiger partial charge >= 0.3 is 12.1 Å². The van der Waals surface area contributed by atoms with E-state index in [1.165, 1.54) is 4.90 Å². The minimum absolute atomic E-state index is 0.161. The van der Waals surface area contributed by atoms with Crippen molar-refractivity contribution in [1.82, 2.24) is 4.90 Å². The molecule has 0 saturated carbocycles. The molecule has 7 heteroatoms. The van der Waals surface area contributed by atoms with E-state index in [1.54, 1.807) is 39.0 Å². The Hall–Kier alpha value is -1.95. The maximum atomic E-state index is 12.3. The lowest BCUT2D eigenvalue weighted by Crippen LogP contribution is -2.43. The van der Waals surface area contributed by atoms with Crippen molar-refractivity contribution in [2.45, 2.75) is 51.9 Å². The number of aryl methyl sites for hydroxylation is 1. The largest absolute Gasteiger partial charge is 0.488 e. The van der Waals surface area contributed by atoms with Crippen LogP contribution >= 0.6 is 11.6 Å². The molecule has 2 rings (SSSR count). The highest BCUT2D eigenvalue weighted by Crippen LogP contribution is 2.28. The van der Waals surface area contributed by atoms with Gasteiger partial charge in [-0.05, 0) is 51.5 Å². The molecule has 0 radical (unpaired) electrons. The monoisotopic (exact) mass is 355 g/mol. The first kappa shape index (κ1) is 18.4. The molecule has 0 aliphatic carbocycles. The average molecular weight is 356 g/mol. The van der Waals surface area contributed by atoms with Crippen LogP contribution in [0.1, 0.15) is 32.8 Å². The molecular formula is C17H22ClNO5. The molecule has 6 nitrogen and oxygen atoms in total. The number of carboxylic acids is 1. The number of hydrogen-bond acceptors (Lipinski definition) is 4. The Morgan fingerprint density at radius 2 is 2.00 bits per heavy atom. The number of benzene rings is 1. The summed E-state index contributed by atoms with van der Waals surface area (Å²) in [7, 11) is 0. The summed E-state index contributed by atoms with van der Waals surface area (Å²) in [4.78, 5) is 24.9. The van der Waals surface area contributed by atoms with Gasteiger partial charge in [-0.1, -0.05) is 11.6 Å². The van der Waals surface area contributed by atoms with E-state index in [1.807, 2.05) is 6.92 Å². The van der Waals surface area contributed by atoms with Gasteiger partial charge < -0.3 is 14.6 Å². The minimum atomic E-state index is -1.07. The third-order valence-corrected chi connectivity index (χ3v) is 3.84. The molecule has 1 aliphatic rings. The second-order valence-corrected chi connectivity index (χ2v) is 7.31. The summed E-state index contributed by atoms with van der Waals surface area (Å²) in [6.07, 6.45) is -0.858. The van der Waals surface area contributed by atoms with Crippen molar-refractivity contribution in [3.05, 3.63) is 28.8 Å². The van der Waals surface area contributed by atoms with Crippen molar-refractivity contribution in [3.63, 3.8) is 0 Å². The van der Waals surface area contributed by atoms with Gasteiger partial charge in [0.25, 0.3) is 0 Å². The Kier molecular flexibility index (Phi) is 5.28. The van der Waals surface area contributed by atoms with Gasteiger partial charge in [0, 0.05) is 11.4 Å². The van der Waals surface area contributed by atoms with E-state index in [-0.39, 0.29) is 13.0 Å². The summed E-state index contributed by atoms with van der Waals surface area (Å²) in [6.45, 7) is 7.23. The predicted octanol–water partition coefficient (Wildman–Crippen LogP) is 3.49. The molecular weight excluding hydrogens is 334 g/mol. The van der Waals surface area contributed by atoms with Crippen molar-refractivity contribution in [1.29, 1.82) is 0 Å². The smallest absolute Gasteiger partial charge is 0.411 e. The Morgan fingerprint density at radius 1 is 1.33 bits per heavy atom. The van der Waals surface area contributed by atoms with Crippen LogP contribution < -0.4 is 4.74 Å². The highest BCUT2D eigenvalue weighted by Gasteiger charge is 2.42. The lowest BCUT2D eigenvalue weighted by molar-refractivity contribution is -0.142. The number of halogens is 1. The molecule has 0 aromatic heterocycles. The van der Waals surface area contributed by atoms with Gasteiger partial charge in [0.05, 0.1) is 6.54 Å². The molecule has 1 aromatic carbocycles. The third kappa shape index (κ3) is 4.54. The van der Waals surface area contributed by atoms with E-state index in [9.17, 15) is 14.7 Å². The number of likely N-dealkylation sites (tertiary alicyclic amines) is 1. The summed E-state index contributed by atoms with van der Waals surface area (Å²) < 4.78 is 11.2. The van der Waals surface area contributed by atoms with Gasteiger partial charge in [-0.25, -0.2) is 9.59 Å². The van der Waals surface area contributed by atoms with Crippen molar-refractivity contribution >= 4 is 23.7 Å². The number of ether oxygens (including phenoxy) is 2. The van der Waals surface area contributed by atoms with Crippen molar-refractivity contribution < 1.29 is 24.2 Å². The van der Waals surface area contributed by atoms with Crippen molar-refractivity contribution in [2.75, 3.05) is 6.54 Å². The Morgan fingerprint density at radius 3 is 2.54 bits per heavy atom. The molecule has 1 aliphatic heterocycles. The van der Waals surface area contributed by atoms with E-state index in [2.05, 4.69) is 0 Å². The van der Waals surface area contributed by atoms with Crippen LogP contribution in [0, 0.1) is 6.92 Å². The molecule has 24 heavy (non-hydrogen) atoms. The van der Waals surface area contributed by atoms with E-state index in [0.29, 0.717) is 10.8 Å². The van der Waals surface area contributed by atoms with E-state index in [0.717, 1.165) is 5.56 Å². The fourth-order valence-corrected chi connectivity index (χ4v) is 2.79. The Balaban J connectivity index is 2.11. The maximum absolute atomic E-state index is 12.3. The molecule has 1 aromatic rings. The zero-order valence-corrected chi connectivity index (χ0v) is 15.0. The average Bonchev–Trinajstić information content (AvgIpc) is 2.84. The van der Waals surface area contributed by atoms with Crippen LogP contribution in [0.5, 0.6) is 5.75 Å². The first-order valence-electron chi connectivity index (χ1n) is 7.72. The van der Waals surface area contributed by atoms with E-state index < -0.39 is 29.8 Å². The van der Waals surface area contributed by atoms with Gasteiger partial charge in [0.1, 0.15) is 23.5 Å². The van der Waals surface area contributed by atoms with E-state index in [4.69, 9.17) is 21.1 Å². The van der Waals surface area contributed by atoms with Crippen LogP contribution in [0.25, 0.3) is 0 Å². The number of carbonyl (C=O) groups excluding carboxylic acids is 1. The first-order valence-corrected chi connectivity index (χ1v) is 8.10. The standard InChI is InChI=1S/C17H22ClNO5/c1-10-7-11(18)5-6-14(10)23-12-8-13(15(20)21)19(9-12)16(22)24-17(2,3)4/h5-7,12-13H,8-9H2,1-4H3,(H,20,21). The van der Waals surface area contributed by atoms with Crippen molar-refractivity contribution in [2.24, 2.45) is 0 Å². The minimum Gasteiger partial charge on any atom is -0.488 e. The summed E-state index contributed by atoms with van der Waals surface area (Å²) in [5, 5.41) is 9.99. The zero-order valence-electron chi connectivity index (χ0n) is 14.2. The van der Waals surface area contributed by atoms with Crippen LogP contribution in [0.4, 0.5) is 4.79 Å². The van der Waals surface area contributed by atoms with Gasteiger partial charge in [0.15, 0.2) is 0 Å². The second-order valence-electron chi connectivity index (χ2n) is 6.87. The lowest BCUT2D eigenvalue weighted by atomic mass is 10.2. The normalized spacial score (nSPS) is 20.8. The van der Waals surface area contributed by atoms with Crippen LogP contribution in [0.2, 0.25) is 5.02 Å². The predicted molar refractivity (Wildman–Crippen MR) is 89.6 cm³/mol. The molecule has 0 bridgehead atoms. The SMILES string of the molecule is Cc1cc(Cl)ccc1OC1CC(C(=O)O)N(C(=O)OC(C)(C)C)C1. The van der Waals surface area contributed by atoms with Crippen LogP contribution in [-0.2, 0) is 9.53 Å². The zero-order chi connectivity index (χ0) is 18.1. The maximum Gasteiger partial charge on any atom is 0.411 e. The number of amides is 1. The number of aliphatic carboxylic acids is 1. The molecule has 2 unspecified atom stereocenters. The molecule has 1 heterocycles. The summed E-state index contributed by atoms with van der Waals surface area (Å²) in [5.41, 5.74) is 0.163. The van der Waals surface area contributed by atoms with Crippen LogP contribution in [-0.4, -0.2) is 46.4 Å². The Labute approximate surface area is 146 Å². The van der Waals surface area contributed by atoms with Gasteiger partial charge in [-0.3, -0.25) is 4.90 Å². The molecule has 1 saturated heterocycles. The number of rotatable bonds is 3. The number of hydrogen-bond donors (Lipinski definition) is 1. The quantitative estimate of drug-likeness (QED) is 0.898. The molecule has 1 N–H and O–H groups in total. The topological polar surface area (TPSA) is 76.1 Å². The fraction of sp³-hybridized carbons (Fsp3) is 0.529. The second kappa shape index (κ2) is 6.89. The van der Waals surface area contributed by atoms with Gasteiger partial charge in [0.2, 0.25) is 0 Å². The highest BCUT2D eigenvalue weighted by molar-refractivity contribution is 6.30. The summed E-state index contributed by atoms with van der Waals surface area (Å²) in [5.74, 6) is -0.445. The Bertz CT molecular complexity index is 640. The van der Waals surface area contributed by atoms with Crippen LogP contribution in [0.15, 0.2) is 18.2 Å². The lowest BCUT2D eigenvalue weighted by Gasteiger charge is -2.26. The fourth-order valence-electron chi connectivity index (χ4n) is 2.56. The first-order chi connectivity index (χ1) is 11.1. The highest BCUT2D eigenvalue weighted by atomic mass is 35.5. The summed E-state index contributed by atoms with van der Waals surface area (Å²) >= 11 is 5.92. The third-order valence-electron chi connectivity index (χ3n) is 3.61. The molecule has 0 spiro atoms. The summed E-state index contributed by atoms with van der Waals surface area (Å²) in [6, 6.07) is 4.26. The van der Waals surface area contributed by atoms with Crippen LogP contribution in [0.3, 0.4) is 0 Å². The van der Waals surface area contributed by atoms with Crippen molar-refractivity contribution in [3.8, 4) is 5.75 Å². The van der Waals surface area contributed by atoms with Gasteiger partial charge in [-0.2, -0.15) is 0 Å². The molecule has 2 atom stereocenters. The van der Waals surface area contributed by atoms with Gasteiger partial charge in [-0.15, -0.1) is 0 Å². The molecule has 1 amide bonds. The van der Waals surface area contributed by atoms with E-state index >= 15 is 0 Å². The molecule has 132 valence electrons. The molecule has 1 fully saturated rings. The number of nitrogens with zero attached hydrogens (tertiary/aromatic N) is 1. The number of carboxylic acid groups (broad SMARTS) is 1. The number of carbonyl (C=O) groups is 2.